The van der Waals surface area contributed by atoms with E-state index in [0.29, 0.717) is 29.9 Å². The topological polar surface area (TPSA) is 104 Å². The number of carboxylic acid groups (broad SMARTS) is 1. The summed E-state index contributed by atoms with van der Waals surface area (Å²) in [4.78, 5) is 22.4. The van der Waals surface area contributed by atoms with Crippen LogP contribution in [0.3, 0.4) is 0 Å². The molecule has 0 spiro atoms. The van der Waals surface area contributed by atoms with Gasteiger partial charge in [0.05, 0.1) is 0 Å². The van der Waals surface area contributed by atoms with Crippen LogP contribution in [-0.4, -0.2) is 23.7 Å². The van der Waals surface area contributed by atoms with Gasteiger partial charge in [-0.1, -0.05) is 12.1 Å². The first-order chi connectivity index (χ1) is 10.5. The molecule has 114 valence electrons. The highest BCUT2D eigenvalue weighted by Crippen LogP contribution is 2.13. The van der Waals surface area contributed by atoms with Crippen LogP contribution < -0.4 is 16.4 Å². The fourth-order valence-electron chi connectivity index (χ4n) is 1.91. The Morgan fingerprint density at radius 2 is 1.64 bits per heavy atom. The van der Waals surface area contributed by atoms with Crippen LogP contribution in [0.1, 0.15) is 15.9 Å². The summed E-state index contributed by atoms with van der Waals surface area (Å²) in [6.45, 7) is 0.340. The molecule has 0 unspecified atom stereocenters. The Kier molecular flexibility index (Phi) is 4.98. The van der Waals surface area contributed by atoms with Crippen LogP contribution in [0.2, 0.25) is 0 Å². The number of carbonyl (C=O) groups excluding carboxylic acids is 1. The molecule has 2 rings (SSSR count). The number of anilines is 2. The molecule has 2 amide bonds. The van der Waals surface area contributed by atoms with Gasteiger partial charge in [0.2, 0.25) is 0 Å². The zero-order valence-corrected chi connectivity index (χ0v) is 11.9. The van der Waals surface area contributed by atoms with Crippen molar-refractivity contribution in [2.75, 3.05) is 17.6 Å². The summed E-state index contributed by atoms with van der Waals surface area (Å²) in [5, 5.41) is 13.6. The van der Waals surface area contributed by atoms with Gasteiger partial charge in [-0.25, -0.2) is 4.79 Å². The van der Waals surface area contributed by atoms with Crippen LogP contribution in [0.15, 0.2) is 48.5 Å². The van der Waals surface area contributed by atoms with Gasteiger partial charge in [-0.3, -0.25) is 4.79 Å². The molecule has 0 saturated heterocycles. The van der Waals surface area contributed by atoms with E-state index in [0.717, 1.165) is 5.56 Å². The first-order valence-corrected chi connectivity index (χ1v) is 6.77. The number of nitrogen functional groups attached to an aromatic ring is 1. The van der Waals surface area contributed by atoms with Crippen molar-refractivity contribution in [3.8, 4) is 0 Å². The number of benzene rings is 2. The molecule has 0 heterocycles. The molecule has 0 saturated carbocycles. The Bertz CT molecular complexity index is 651. The van der Waals surface area contributed by atoms with Gasteiger partial charge in [0, 0.05) is 23.5 Å². The molecule has 6 heteroatoms. The Balaban J connectivity index is 1.93. The third-order valence-corrected chi connectivity index (χ3v) is 3.07. The van der Waals surface area contributed by atoms with Gasteiger partial charge in [-0.15, -0.1) is 0 Å². The Labute approximate surface area is 128 Å². The van der Waals surface area contributed by atoms with Crippen LogP contribution in [0.25, 0.3) is 0 Å². The maximum absolute atomic E-state index is 12.1. The molecule has 0 radical (unpaired) electrons. The Morgan fingerprint density at radius 1 is 1.00 bits per heavy atom. The van der Waals surface area contributed by atoms with Gasteiger partial charge in [-0.2, -0.15) is 0 Å². The zero-order chi connectivity index (χ0) is 15.9. The molecule has 0 fully saturated rings. The van der Waals surface area contributed by atoms with Crippen molar-refractivity contribution in [3.63, 3.8) is 0 Å². The van der Waals surface area contributed by atoms with Crippen molar-refractivity contribution in [2.45, 2.75) is 6.42 Å². The van der Waals surface area contributed by atoms with Gasteiger partial charge < -0.3 is 21.5 Å². The average Bonchev–Trinajstić information content (AvgIpc) is 2.50. The lowest BCUT2D eigenvalue weighted by Gasteiger charge is -2.07. The molecule has 2 aromatic rings. The molecule has 0 aliphatic heterocycles. The van der Waals surface area contributed by atoms with Gasteiger partial charge >= 0.3 is 6.09 Å². The summed E-state index contributed by atoms with van der Waals surface area (Å²) >= 11 is 0. The predicted molar refractivity (Wildman–Crippen MR) is 85.0 cm³/mol. The van der Waals surface area contributed by atoms with Crippen LogP contribution in [0.5, 0.6) is 0 Å². The minimum absolute atomic E-state index is 0.208. The van der Waals surface area contributed by atoms with Crippen LogP contribution in [0, 0.1) is 0 Å². The third kappa shape index (κ3) is 4.52. The van der Waals surface area contributed by atoms with Gasteiger partial charge in [0.15, 0.2) is 0 Å². The fraction of sp³-hybridized carbons (Fsp3) is 0.125. The second-order valence-corrected chi connectivity index (χ2v) is 4.75. The third-order valence-electron chi connectivity index (χ3n) is 3.07. The molecule has 0 aliphatic rings. The molecule has 0 atom stereocenters. The molecule has 6 nitrogen and oxygen atoms in total. The van der Waals surface area contributed by atoms with Crippen molar-refractivity contribution < 1.29 is 14.7 Å². The predicted octanol–water partition coefficient (Wildman–Crippen LogP) is 2.33. The summed E-state index contributed by atoms with van der Waals surface area (Å²) in [6, 6.07) is 13.9. The van der Waals surface area contributed by atoms with Crippen LogP contribution >= 0.6 is 0 Å². The van der Waals surface area contributed by atoms with Gasteiger partial charge in [0.25, 0.3) is 5.91 Å². The number of amides is 2. The average molecular weight is 299 g/mol. The van der Waals surface area contributed by atoms with Crippen LogP contribution in [-0.2, 0) is 6.42 Å². The largest absolute Gasteiger partial charge is 0.465 e. The molecule has 0 aromatic heterocycles. The fourth-order valence-corrected chi connectivity index (χ4v) is 1.91. The first kappa shape index (κ1) is 15.4. The van der Waals surface area contributed by atoms with E-state index >= 15 is 0 Å². The van der Waals surface area contributed by atoms with Crippen LogP contribution in [0.4, 0.5) is 16.2 Å². The number of rotatable bonds is 5. The van der Waals surface area contributed by atoms with Gasteiger partial charge in [-0.05, 0) is 48.4 Å². The second kappa shape index (κ2) is 7.12. The lowest BCUT2D eigenvalue weighted by molar-refractivity contribution is 0.102. The molecule has 0 aliphatic carbocycles. The minimum atomic E-state index is -1.04. The summed E-state index contributed by atoms with van der Waals surface area (Å²) in [5.74, 6) is -0.208. The summed E-state index contributed by atoms with van der Waals surface area (Å²) in [7, 11) is 0. The molecule has 5 N–H and O–H groups in total. The van der Waals surface area contributed by atoms with E-state index in [4.69, 9.17) is 10.8 Å². The lowest BCUT2D eigenvalue weighted by atomic mass is 10.1. The van der Waals surface area contributed by atoms with Crippen molar-refractivity contribution in [1.82, 2.24) is 5.32 Å². The van der Waals surface area contributed by atoms with E-state index in [1.165, 1.54) is 0 Å². The van der Waals surface area contributed by atoms with E-state index in [1.807, 2.05) is 0 Å². The molecule has 22 heavy (non-hydrogen) atoms. The number of carbonyl (C=O) groups is 2. The van der Waals surface area contributed by atoms with E-state index in [9.17, 15) is 9.59 Å². The van der Waals surface area contributed by atoms with Crippen molar-refractivity contribution in [3.05, 3.63) is 59.7 Å². The SMILES string of the molecule is Nc1ccc(NC(=O)c2ccc(CCNC(=O)O)cc2)cc1. The number of hydrogen-bond acceptors (Lipinski definition) is 3. The molecule has 0 bridgehead atoms. The maximum atomic E-state index is 12.1. The van der Waals surface area contributed by atoms with E-state index in [2.05, 4.69) is 10.6 Å². The molecular weight excluding hydrogens is 282 g/mol. The van der Waals surface area contributed by atoms with E-state index in [1.54, 1.807) is 48.5 Å². The van der Waals surface area contributed by atoms with E-state index < -0.39 is 6.09 Å². The quantitative estimate of drug-likeness (QED) is 0.636. The lowest BCUT2D eigenvalue weighted by Crippen LogP contribution is -2.23. The smallest absolute Gasteiger partial charge is 0.404 e. The minimum Gasteiger partial charge on any atom is -0.465 e. The monoisotopic (exact) mass is 299 g/mol. The van der Waals surface area contributed by atoms with Crippen molar-refractivity contribution in [2.24, 2.45) is 0 Å². The standard InChI is InChI=1S/C16H17N3O3/c17-13-5-7-14(8-6-13)19-15(20)12-3-1-11(2-4-12)9-10-18-16(21)22/h1-8,18H,9-10,17H2,(H,19,20)(H,21,22). The van der Waals surface area contributed by atoms with Gasteiger partial charge in [0.1, 0.15) is 0 Å². The normalized spacial score (nSPS) is 10.0. The maximum Gasteiger partial charge on any atom is 0.404 e. The molecule has 2 aromatic carbocycles. The summed E-state index contributed by atoms with van der Waals surface area (Å²) in [5.41, 5.74) is 8.39. The highest BCUT2D eigenvalue weighted by molar-refractivity contribution is 6.04. The Morgan fingerprint density at radius 3 is 2.23 bits per heavy atom. The van der Waals surface area contributed by atoms with Crippen molar-refractivity contribution in [1.29, 1.82) is 0 Å². The second-order valence-electron chi connectivity index (χ2n) is 4.75. The zero-order valence-electron chi connectivity index (χ0n) is 11.9. The van der Waals surface area contributed by atoms with Crippen molar-refractivity contribution >= 4 is 23.4 Å². The number of hydrogen-bond donors (Lipinski definition) is 4. The highest BCUT2D eigenvalue weighted by atomic mass is 16.4. The highest BCUT2D eigenvalue weighted by Gasteiger charge is 2.06. The summed E-state index contributed by atoms with van der Waals surface area (Å²) < 4.78 is 0. The summed E-state index contributed by atoms with van der Waals surface area (Å²) in [6.07, 6.45) is -0.467. The molecular formula is C16H17N3O3. The first-order valence-electron chi connectivity index (χ1n) is 6.77. The number of nitrogens with two attached hydrogens (primary N) is 1. The van der Waals surface area contributed by atoms with E-state index in [-0.39, 0.29) is 5.91 Å². The number of nitrogens with one attached hydrogen (secondary N) is 2. The Hall–Kier alpha value is -3.02.